The van der Waals surface area contributed by atoms with Crippen molar-refractivity contribution in [3.05, 3.63) is 29.8 Å². The highest BCUT2D eigenvalue weighted by atomic mass is 16.5. The molecule has 0 radical (unpaired) electrons. The molecule has 0 bridgehead atoms. The van der Waals surface area contributed by atoms with Gasteiger partial charge in [0.2, 0.25) is 5.91 Å². The van der Waals surface area contributed by atoms with Crippen LogP contribution in [0.4, 0.5) is 0 Å². The van der Waals surface area contributed by atoms with Gasteiger partial charge in [0.1, 0.15) is 17.9 Å². The van der Waals surface area contributed by atoms with E-state index in [0.717, 1.165) is 0 Å². The summed E-state index contributed by atoms with van der Waals surface area (Å²) in [6, 6.07) is 7.10. The molecule has 6 heteroatoms. The third kappa shape index (κ3) is 2.68. The van der Waals surface area contributed by atoms with Crippen LogP contribution in [0, 0.1) is 0 Å². The Labute approximate surface area is 127 Å². The van der Waals surface area contributed by atoms with Crippen LogP contribution in [0.1, 0.15) is 36.0 Å². The van der Waals surface area contributed by atoms with Crippen molar-refractivity contribution in [2.24, 2.45) is 0 Å². The average molecular weight is 303 g/mol. The zero-order chi connectivity index (χ0) is 15.7. The van der Waals surface area contributed by atoms with Crippen molar-refractivity contribution in [1.29, 1.82) is 0 Å². The maximum absolute atomic E-state index is 12.3. The molecule has 1 fully saturated rings. The number of hydrogen-bond acceptors (Lipinski definition) is 4. The number of aliphatic carboxylic acids is 1. The van der Waals surface area contributed by atoms with Crippen molar-refractivity contribution in [2.45, 2.75) is 31.3 Å². The molecule has 0 aliphatic carbocycles. The van der Waals surface area contributed by atoms with E-state index in [2.05, 4.69) is 0 Å². The Hall–Kier alpha value is -2.37. The molecule has 2 aliphatic heterocycles. The van der Waals surface area contributed by atoms with Crippen LogP contribution in [0.2, 0.25) is 0 Å². The molecule has 116 valence electrons. The fourth-order valence-corrected chi connectivity index (χ4v) is 3.13. The fourth-order valence-electron chi connectivity index (χ4n) is 3.13. The molecule has 1 aromatic rings. The second kappa shape index (κ2) is 5.44. The molecule has 0 saturated carbocycles. The number of carbonyl (C=O) groups excluding carboxylic acids is 2. The minimum atomic E-state index is -1.03. The second-order valence-corrected chi connectivity index (χ2v) is 5.84. The van der Waals surface area contributed by atoms with Crippen molar-refractivity contribution < 1.29 is 24.2 Å². The molecule has 1 amide bonds. The third-order valence-electron chi connectivity index (χ3n) is 4.31. The molecule has 1 aromatic carbocycles. The number of carbonyl (C=O) groups is 3. The molecule has 1 atom stereocenters. The predicted molar refractivity (Wildman–Crippen MR) is 76.8 cm³/mol. The number of benzene rings is 1. The van der Waals surface area contributed by atoms with Crippen LogP contribution in [0.25, 0.3) is 0 Å². The highest BCUT2D eigenvalue weighted by molar-refractivity contribution is 6.00. The summed E-state index contributed by atoms with van der Waals surface area (Å²) in [5, 5.41) is 8.87. The normalized spacial score (nSPS) is 24.6. The Morgan fingerprint density at radius 1 is 1.27 bits per heavy atom. The van der Waals surface area contributed by atoms with Gasteiger partial charge in [0.05, 0.1) is 12.0 Å². The predicted octanol–water partition coefficient (Wildman–Crippen LogP) is 1.49. The number of fused-ring (bicyclic) bond motifs is 1. The van der Waals surface area contributed by atoms with Crippen LogP contribution in [-0.4, -0.2) is 46.4 Å². The minimum absolute atomic E-state index is 0.0148. The van der Waals surface area contributed by atoms with E-state index in [1.54, 1.807) is 18.2 Å². The summed E-state index contributed by atoms with van der Waals surface area (Å²) < 4.78 is 6.07. The van der Waals surface area contributed by atoms with Crippen molar-refractivity contribution >= 4 is 17.7 Å². The zero-order valence-electron chi connectivity index (χ0n) is 12.1. The molecule has 1 spiro atoms. The first-order valence-corrected chi connectivity index (χ1v) is 7.30. The lowest BCUT2D eigenvalue weighted by atomic mass is 9.84. The number of carboxylic acid groups (broad SMARTS) is 1. The summed E-state index contributed by atoms with van der Waals surface area (Å²) >= 11 is 0. The molecule has 22 heavy (non-hydrogen) atoms. The first kappa shape index (κ1) is 14.6. The van der Waals surface area contributed by atoms with Gasteiger partial charge in [-0.3, -0.25) is 14.4 Å². The SMILES string of the molecule is O=C(O)CN1CCC2(CCC1=O)CC(=O)c1ccccc1O2. The second-order valence-electron chi connectivity index (χ2n) is 5.84. The Bertz CT molecular complexity index is 641. The fraction of sp³-hybridized carbons (Fsp3) is 0.438. The topological polar surface area (TPSA) is 83.9 Å². The Balaban J connectivity index is 1.82. The number of carboxylic acids is 1. The summed E-state index contributed by atoms with van der Waals surface area (Å²) in [6.07, 6.45) is 1.33. The van der Waals surface area contributed by atoms with E-state index in [4.69, 9.17) is 9.84 Å². The Morgan fingerprint density at radius 3 is 2.82 bits per heavy atom. The molecule has 3 rings (SSSR count). The number of rotatable bonds is 2. The number of ether oxygens (including phenoxy) is 1. The van der Waals surface area contributed by atoms with Gasteiger partial charge in [0.15, 0.2) is 5.78 Å². The highest BCUT2D eigenvalue weighted by Crippen LogP contribution is 2.39. The van der Waals surface area contributed by atoms with Gasteiger partial charge in [0, 0.05) is 19.4 Å². The third-order valence-corrected chi connectivity index (χ3v) is 4.31. The zero-order valence-corrected chi connectivity index (χ0v) is 12.1. The van der Waals surface area contributed by atoms with Gasteiger partial charge in [-0.25, -0.2) is 0 Å². The number of para-hydroxylation sites is 1. The van der Waals surface area contributed by atoms with Crippen LogP contribution in [0.5, 0.6) is 5.75 Å². The number of likely N-dealkylation sites (tertiary alicyclic amines) is 1. The summed E-state index contributed by atoms with van der Waals surface area (Å²) in [7, 11) is 0. The van der Waals surface area contributed by atoms with Crippen LogP contribution < -0.4 is 4.74 Å². The van der Waals surface area contributed by atoms with E-state index in [-0.39, 0.29) is 31.1 Å². The lowest BCUT2D eigenvalue weighted by Crippen LogP contribution is -2.43. The number of ketones is 1. The highest BCUT2D eigenvalue weighted by Gasteiger charge is 2.43. The summed E-state index contributed by atoms with van der Waals surface area (Å²) in [6.45, 7) is -0.0139. The number of hydrogen-bond donors (Lipinski definition) is 1. The lowest BCUT2D eigenvalue weighted by molar-refractivity contribution is -0.144. The average Bonchev–Trinajstić information content (AvgIpc) is 2.61. The van der Waals surface area contributed by atoms with E-state index in [9.17, 15) is 14.4 Å². The van der Waals surface area contributed by atoms with Gasteiger partial charge in [-0.1, -0.05) is 12.1 Å². The number of amides is 1. The minimum Gasteiger partial charge on any atom is -0.486 e. The molecule has 6 nitrogen and oxygen atoms in total. The van der Waals surface area contributed by atoms with Gasteiger partial charge in [-0.2, -0.15) is 0 Å². The largest absolute Gasteiger partial charge is 0.486 e. The maximum atomic E-state index is 12.3. The van der Waals surface area contributed by atoms with E-state index in [0.29, 0.717) is 30.7 Å². The summed E-state index contributed by atoms with van der Waals surface area (Å²) in [5.74, 6) is -0.664. The molecule has 0 aromatic heterocycles. The number of nitrogens with zero attached hydrogens (tertiary/aromatic N) is 1. The Morgan fingerprint density at radius 2 is 2.05 bits per heavy atom. The van der Waals surface area contributed by atoms with Gasteiger partial charge < -0.3 is 14.7 Å². The van der Waals surface area contributed by atoms with Crippen molar-refractivity contribution in [3.8, 4) is 5.75 Å². The van der Waals surface area contributed by atoms with Crippen molar-refractivity contribution in [3.63, 3.8) is 0 Å². The van der Waals surface area contributed by atoms with E-state index >= 15 is 0 Å². The van der Waals surface area contributed by atoms with Gasteiger partial charge in [-0.15, -0.1) is 0 Å². The van der Waals surface area contributed by atoms with Crippen LogP contribution in [0.3, 0.4) is 0 Å². The molecule has 1 saturated heterocycles. The molecule has 2 heterocycles. The van der Waals surface area contributed by atoms with Crippen LogP contribution in [-0.2, 0) is 9.59 Å². The number of Topliss-reactive ketones (excluding diaryl/α,β-unsaturated/α-hetero) is 1. The standard InChI is InChI=1S/C16H17NO5/c18-12-9-16(22-13-4-2-1-3-11(12)13)6-5-14(19)17(8-7-16)10-15(20)21/h1-4H,5-10H2,(H,20,21). The van der Waals surface area contributed by atoms with Gasteiger partial charge in [0.25, 0.3) is 0 Å². The first-order valence-electron chi connectivity index (χ1n) is 7.30. The van der Waals surface area contributed by atoms with E-state index < -0.39 is 11.6 Å². The monoisotopic (exact) mass is 303 g/mol. The molecule has 1 N–H and O–H groups in total. The van der Waals surface area contributed by atoms with Crippen molar-refractivity contribution in [2.75, 3.05) is 13.1 Å². The van der Waals surface area contributed by atoms with Crippen molar-refractivity contribution in [1.82, 2.24) is 4.90 Å². The smallest absolute Gasteiger partial charge is 0.323 e. The molecular formula is C16H17NO5. The summed E-state index contributed by atoms with van der Waals surface area (Å²) in [5.41, 5.74) is -0.125. The quantitative estimate of drug-likeness (QED) is 0.895. The van der Waals surface area contributed by atoms with E-state index in [1.807, 2.05) is 6.07 Å². The van der Waals surface area contributed by atoms with Crippen LogP contribution in [0.15, 0.2) is 24.3 Å². The van der Waals surface area contributed by atoms with Crippen LogP contribution >= 0.6 is 0 Å². The summed E-state index contributed by atoms with van der Waals surface area (Å²) in [4.78, 5) is 36.5. The van der Waals surface area contributed by atoms with Gasteiger partial charge in [-0.05, 0) is 18.6 Å². The molecular weight excluding hydrogens is 286 g/mol. The Kier molecular flexibility index (Phi) is 3.60. The first-order chi connectivity index (χ1) is 10.5. The van der Waals surface area contributed by atoms with E-state index in [1.165, 1.54) is 4.90 Å². The maximum Gasteiger partial charge on any atom is 0.323 e. The van der Waals surface area contributed by atoms with Gasteiger partial charge >= 0.3 is 5.97 Å². The molecule has 1 unspecified atom stereocenters. The molecule has 2 aliphatic rings. The lowest BCUT2D eigenvalue weighted by Gasteiger charge is -2.37.